The Balaban J connectivity index is 1.57. The second-order valence-electron chi connectivity index (χ2n) is 5.93. The maximum absolute atomic E-state index is 12.5. The van der Waals surface area contributed by atoms with Crippen LogP contribution in [0.15, 0.2) is 10.8 Å². The summed E-state index contributed by atoms with van der Waals surface area (Å²) in [5, 5.41) is 0. The molecule has 0 N–H and O–H groups in total. The van der Waals surface area contributed by atoms with Crippen LogP contribution in [0.5, 0.6) is 0 Å². The minimum atomic E-state index is 0.00734. The molecule has 0 unspecified atom stereocenters. The van der Waals surface area contributed by atoms with Crippen molar-refractivity contribution >= 4 is 5.91 Å². The zero-order valence-electron chi connectivity index (χ0n) is 12.6. The summed E-state index contributed by atoms with van der Waals surface area (Å²) < 4.78 is 10.5. The predicted molar refractivity (Wildman–Crippen MR) is 77.1 cm³/mol. The maximum Gasteiger partial charge on any atom is 0.276 e. The van der Waals surface area contributed by atoms with Crippen LogP contribution in [0.25, 0.3) is 0 Å². The molecule has 2 saturated heterocycles. The molecule has 2 fully saturated rings. The van der Waals surface area contributed by atoms with Gasteiger partial charge in [0.2, 0.25) is 0 Å². The van der Waals surface area contributed by atoms with Crippen LogP contribution in [-0.2, 0) is 4.74 Å². The number of piperidine rings is 1. The number of hydrogen-bond donors (Lipinski definition) is 0. The number of amides is 1. The Morgan fingerprint density at radius 3 is 2.90 bits per heavy atom. The smallest absolute Gasteiger partial charge is 0.276 e. The van der Waals surface area contributed by atoms with E-state index in [0.29, 0.717) is 17.4 Å². The monoisotopic (exact) mass is 293 g/mol. The highest BCUT2D eigenvalue weighted by molar-refractivity contribution is 5.93. The van der Waals surface area contributed by atoms with E-state index in [9.17, 15) is 4.79 Å². The molecule has 0 radical (unpaired) electrons. The molecule has 3 rings (SSSR count). The van der Waals surface area contributed by atoms with Crippen LogP contribution >= 0.6 is 0 Å². The maximum atomic E-state index is 12.5. The van der Waals surface area contributed by atoms with Gasteiger partial charge in [0.05, 0.1) is 13.2 Å². The number of nitrogens with zero attached hydrogens (tertiary/aromatic N) is 3. The van der Waals surface area contributed by atoms with Crippen LogP contribution in [0, 0.1) is 12.8 Å². The van der Waals surface area contributed by atoms with Gasteiger partial charge in [0.25, 0.3) is 5.91 Å². The standard InChI is InChI=1S/C15H23N3O3/c1-12-14(16-11-21-12)15(19)18-4-2-3-13(10-18)9-17-5-7-20-8-6-17/h11,13H,2-10H2,1H3/t13-/m1/s1. The molecule has 21 heavy (non-hydrogen) atoms. The molecule has 1 aromatic rings. The minimum absolute atomic E-state index is 0.00734. The SMILES string of the molecule is Cc1ocnc1C(=O)N1CCC[C@H](CN2CCOCC2)C1. The molecule has 0 spiro atoms. The van der Waals surface area contributed by atoms with Gasteiger partial charge in [0, 0.05) is 32.7 Å². The van der Waals surface area contributed by atoms with Gasteiger partial charge in [-0.15, -0.1) is 0 Å². The lowest BCUT2D eigenvalue weighted by Gasteiger charge is -2.36. The third-order valence-corrected chi connectivity index (χ3v) is 4.37. The van der Waals surface area contributed by atoms with Crippen LogP contribution in [0.2, 0.25) is 0 Å². The van der Waals surface area contributed by atoms with E-state index in [-0.39, 0.29) is 5.91 Å². The first-order valence-electron chi connectivity index (χ1n) is 7.73. The number of carbonyl (C=O) groups is 1. The van der Waals surface area contributed by atoms with Gasteiger partial charge in [-0.3, -0.25) is 9.69 Å². The molecule has 1 aromatic heterocycles. The van der Waals surface area contributed by atoms with Crippen molar-refractivity contribution in [2.75, 3.05) is 45.9 Å². The molecule has 6 nitrogen and oxygen atoms in total. The Kier molecular flexibility index (Phi) is 4.55. The molecular weight excluding hydrogens is 270 g/mol. The fourth-order valence-corrected chi connectivity index (χ4v) is 3.21. The largest absolute Gasteiger partial charge is 0.448 e. The minimum Gasteiger partial charge on any atom is -0.448 e. The summed E-state index contributed by atoms with van der Waals surface area (Å²) in [6, 6.07) is 0. The van der Waals surface area contributed by atoms with Gasteiger partial charge in [0.15, 0.2) is 12.1 Å². The first-order chi connectivity index (χ1) is 10.2. The summed E-state index contributed by atoms with van der Waals surface area (Å²) in [7, 11) is 0. The number of aromatic nitrogens is 1. The normalized spacial score (nSPS) is 24.2. The summed E-state index contributed by atoms with van der Waals surface area (Å²) in [5.41, 5.74) is 0.460. The first kappa shape index (κ1) is 14.5. The number of morpholine rings is 1. The number of oxazole rings is 1. The lowest BCUT2D eigenvalue weighted by Crippen LogP contribution is -2.46. The fourth-order valence-electron chi connectivity index (χ4n) is 3.21. The van der Waals surface area contributed by atoms with Crippen LogP contribution < -0.4 is 0 Å². The number of rotatable bonds is 3. The highest BCUT2D eigenvalue weighted by atomic mass is 16.5. The molecule has 1 atom stereocenters. The van der Waals surface area contributed by atoms with Crippen molar-refractivity contribution in [3.8, 4) is 0 Å². The molecule has 0 aromatic carbocycles. The Morgan fingerprint density at radius 1 is 1.38 bits per heavy atom. The second kappa shape index (κ2) is 6.58. The van der Waals surface area contributed by atoms with Gasteiger partial charge >= 0.3 is 0 Å². The van der Waals surface area contributed by atoms with Gasteiger partial charge in [0.1, 0.15) is 5.76 Å². The number of likely N-dealkylation sites (tertiary alicyclic amines) is 1. The van der Waals surface area contributed by atoms with E-state index in [1.54, 1.807) is 6.92 Å². The first-order valence-corrected chi connectivity index (χ1v) is 7.73. The van der Waals surface area contributed by atoms with Crippen molar-refractivity contribution in [3.63, 3.8) is 0 Å². The van der Waals surface area contributed by atoms with Crippen molar-refractivity contribution in [1.82, 2.24) is 14.8 Å². The molecule has 6 heteroatoms. The molecular formula is C15H23N3O3. The van der Waals surface area contributed by atoms with Crippen LogP contribution in [0.1, 0.15) is 29.1 Å². The summed E-state index contributed by atoms with van der Waals surface area (Å²) in [4.78, 5) is 20.9. The van der Waals surface area contributed by atoms with E-state index in [2.05, 4.69) is 9.88 Å². The number of hydrogen-bond acceptors (Lipinski definition) is 5. The van der Waals surface area contributed by atoms with Gasteiger partial charge in [-0.2, -0.15) is 0 Å². The van der Waals surface area contributed by atoms with Gasteiger partial charge in [-0.25, -0.2) is 4.98 Å². The van der Waals surface area contributed by atoms with Crippen LogP contribution in [0.3, 0.4) is 0 Å². The lowest BCUT2D eigenvalue weighted by atomic mass is 9.97. The van der Waals surface area contributed by atoms with Gasteiger partial charge in [-0.1, -0.05) is 0 Å². The van der Waals surface area contributed by atoms with E-state index in [1.807, 2.05) is 4.90 Å². The zero-order chi connectivity index (χ0) is 14.7. The molecule has 2 aliphatic rings. The third kappa shape index (κ3) is 3.44. The average Bonchev–Trinajstić information content (AvgIpc) is 2.94. The van der Waals surface area contributed by atoms with Crippen molar-refractivity contribution < 1.29 is 13.9 Å². The Bertz CT molecular complexity index is 482. The third-order valence-electron chi connectivity index (χ3n) is 4.37. The van der Waals surface area contributed by atoms with Gasteiger partial charge < -0.3 is 14.1 Å². The zero-order valence-corrected chi connectivity index (χ0v) is 12.6. The van der Waals surface area contributed by atoms with E-state index in [1.165, 1.54) is 12.8 Å². The Labute approximate surface area is 125 Å². The molecule has 0 bridgehead atoms. The Hall–Kier alpha value is -1.40. The number of aryl methyl sites for hydroxylation is 1. The molecule has 3 heterocycles. The van der Waals surface area contributed by atoms with E-state index in [0.717, 1.165) is 52.4 Å². The van der Waals surface area contributed by atoms with Gasteiger partial charge in [-0.05, 0) is 25.7 Å². The molecule has 1 amide bonds. The van der Waals surface area contributed by atoms with E-state index >= 15 is 0 Å². The predicted octanol–water partition coefficient (Wildman–Crippen LogP) is 1.17. The fraction of sp³-hybridized carbons (Fsp3) is 0.733. The number of ether oxygens (including phenoxy) is 1. The second-order valence-corrected chi connectivity index (χ2v) is 5.93. The number of carbonyl (C=O) groups excluding carboxylic acids is 1. The Morgan fingerprint density at radius 2 is 2.19 bits per heavy atom. The van der Waals surface area contributed by atoms with Crippen molar-refractivity contribution in [1.29, 1.82) is 0 Å². The quantitative estimate of drug-likeness (QED) is 0.837. The summed E-state index contributed by atoms with van der Waals surface area (Å²) in [6.45, 7) is 8.16. The van der Waals surface area contributed by atoms with Crippen LogP contribution in [-0.4, -0.2) is 66.6 Å². The average molecular weight is 293 g/mol. The highest BCUT2D eigenvalue weighted by Gasteiger charge is 2.28. The summed E-state index contributed by atoms with van der Waals surface area (Å²) in [6.07, 6.45) is 3.61. The molecule has 0 aliphatic carbocycles. The van der Waals surface area contributed by atoms with E-state index < -0.39 is 0 Å². The lowest BCUT2D eigenvalue weighted by molar-refractivity contribution is 0.0223. The van der Waals surface area contributed by atoms with Crippen molar-refractivity contribution in [2.45, 2.75) is 19.8 Å². The highest BCUT2D eigenvalue weighted by Crippen LogP contribution is 2.20. The molecule has 116 valence electrons. The van der Waals surface area contributed by atoms with Crippen molar-refractivity contribution in [3.05, 3.63) is 17.8 Å². The molecule has 0 saturated carbocycles. The topological polar surface area (TPSA) is 58.8 Å². The van der Waals surface area contributed by atoms with E-state index in [4.69, 9.17) is 9.15 Å². The van der Waals surface area contributed by atoms with Crippen molar-refractivity contribution in [2.24, 2.45) is 5.92 Å². The summed E-state index contributed by atoms with van der Waals surface area (Å²) >= 11 is 0. The summed E-state index contributed by atoms with van der Waals surface area (Å²) in [5.74, 6) is 1.16. The van der Waals surface area contributed by atoms with Crippen LogP contribution in [0.4, 0.5) is 0 Å². The molecule has 2 aliphatic heterocycles.